The topological polar surface area (TPSA) is 16.1 Å². The molecule has 0 N–H and O–H groups in total. The van der Waals surface area contributed by atoms with E-state index in [-0.39, 0.29) is 0 Å². The zero-order valence-electron chi connectivity index (χ0n) is 14.0. The van der Waals surface area contributed by atoms with E-state index in [0.29, 0.717) is 23.4 Å². The van der Waals surface area contributed by atoms with Crippen molar-refractivity contribution in [2.75, 3.05) is 6.54 Å². The van der Waals surface area contributed by atoms with Gasteiger partial charge in [-0.15, -0.1) is 0 Å². The Bertz CT molecular complexity index is 527. The van der Waals surface area contributed by atoms with E-state index in [1.807, 2.05) is 0 Å². The fourth-order valence-corrected chi connectivity index (χ4v) is 5.23. The Morgan fingerprint density at radius 2 is 1.80 bits per heavy atom. The summed E-state index contributed by atoms with van der Waals surface area (Å²) in [7, 11) is 0. The highest BCUT2D eigenvalue weighted by atomic mass is 15.3. The number of aromatic nitrogens is 1. The second kappa shape index (κ2) is 4.30. The number of piperidine rings is 1. The van der Waals surface area contributed by atoms with E-state index in [1.165, 1.54) is 23.4 Å². The lowest BCUT2D eigenvalue weighted by Crippen LogP contribution is -2.45. The SMILES string of the molecule is Cc1cc(C)c(C2[C@@H](C)N3CC2(C)C(C)C3C)c(C)n1. The predicted molar refractivity (Wildman–Crippen MR) is 84.1 cm³/mol. The van der Waals surface area contributed by atoms with Gasteiger partial charge in [-0.25, -0.2) is 0 Å². The molecule has 3 heterocycles. The van der Waals surface area contributed by atoms with E-state index in [9.17, 15) is 0 Å². The minimum atomic E-state index is 0.394. The molecule has 2 aliphatic heterocycles. The van der Waals surface area contributed by atoms with E-state index in [2.05, 4.69) is 59.4 Å². The maximum absolute atomic E-state index is 4.75. The molecule has 0 saturated carbocycles. The average Bonchev–Trinajstić information content (AvgIpc) is 2.73. The minimum absolute atomic E-state index is 0.394. The molecule has 2 heteroatoms. The number of fused-ring (bicyclic) bond motifs is 2. The molecule has 5 unspecified atom stereocenters. The van der Waals surface area contributed by atoms with Crippen molar-refractivity contribution in [3.8, 4) is 0 Å². The molecule has 2 fully saturated rings. The van der Waals surface area contributed by atoms with Gasteiger partial charge < -0.3 is 0 Å². The van der Waals surface area contributed by atoms with Crippen LogP contribution in [0.15, 0.2) is 6.07 Å². The van der Waals surface area contributed by atoms with Crippen LogP contribution in [0.1, 0.15) is 56.1 Å². The summed E-state index contributed by atoms with van der Waals surface area (Å²) >= 11 is 0. The Hall–Kier alpha value is -0.890. The van der Waals surface area contributed by atoms with Crippen LogP contribution in [0, 0.1) is 32.1 Å². The third-order valence-electron chi connectivity index (χ3n) is 6.42. The normalized spacial score (nSPS) is 43.2. The van der Waals surface area contributed by atoms with Crippen molar-refractivity contribution in [2.24, 2.45) is 11.3 Å². The Kier molecular flexibility index (Phi) is 3.02. The highest BCUT2D eigenvalue weighted by Gasteiger charge is 2.60. The number of pyridine rings is 1. The molecule has 0 aliphatic carbocycles. The van der Waals surface area contributed by atoms with Crippen LogP contribution < -0.4 is 0 Å². The van der Waals surface area contributed by atoms with Gasteiger partial charge in [0.15, 0.2) is 0 Å². The van der Waals surface area contributed by atoms with Gasteiger partial charge in [0, 0.05) is 35.9 Å². The zero-order valence-corrected chi connectivity index (χ0v) is 14.0. The molecule has 2 aliphatic rings. The first-order chi connectivity index (χ1) is 9.27. The molecular formula is C18H28N2. The van der Waals surface area contributed by atoms with E-state index in [1.54, 1.807) is 0 Å². The molecule has 0 amide bonds. The van der Waals surface area contributed by atoms with Crippen LogP contribution in [-0.4, -0.2) is 28.5 Å². The quantitative estimate of drug-likeness (QED) is 0.772. The molecule has 1 aromatic heterocycles. The number of aryl methyl sites for hydroxylation is 3. The van der Waals surface area contributed by atoms with Gasteiger partial charge in [-0.1, -0.05) is 13.8 Å². The zero-order chi connectivity index (χ0) is 14.8. The number of nitrogens with zero attached hydrogens (tertiary/aromatic N) is 2. The maximum Gasteiger partial charge on any atom is 0.0414 e. The standard InChI is InChI=1S/C18H28N2/c1-10-8-11(2)19-13(4)16(10)17-15(6)20-9-18(17,7)12(3)14(20)5/h8,12,14-15,17H,9H2,1-7H3/t12?,14?,15-,17?,18?/m1/s1. The van der Waals surface area contributed by atoms with Crippen molar-refractivity contribution in [1.29, 1.82) is 0 Å². The first-order valence-electron chi connectivity index (χ1n) is 7.98. The van der Waals surface area contributed by atoms with Crippen LogP contribution >= 0.6 is 0 Å². The van der Waals surface area contributed by atoms with Gasteiger partial charge in [-0.2, -0.15) is 0 Å². The fourth-order valence-electron chi connectivity index (χ4n) is 5.23. The molecule has 3 rings (SSSR count). The van der Waals surface area contributed by atoms with Crippen molar-refractivity contribution in [1.82, 2.24) is 9.88 Å². The second-order valence-electron chi connectivity index (χ2n) is 7.51. The second-order valence-corrected chi connectivity index (χ2v) is 7.51. The van der Waals surface area contributed by atoms with Crippen molar-refractivity contribution in [3.05, 3.63) is 28.6 Å². The van der Waals surface area contributed by atoms with E-state index >= 15 is 0 Å². The highest BCUT2D eigenvalue weighted by molar-refractivity contribution is 5.39. The van der Waals surface area contributed by atoms with Crippen LogP contribution in [0.25, 0.3) is 0 Å². The van der Waals surface area contributed by atoms with E-state index in [4.69, 9.17) is 4.98 Å². The Morgan fingerprint density at radius 1 is 1.15 bits per heavy atom. The summed E-state index contributed by atoms with van der Waals surface area (Å²) in [5, 5.41) is 0. The molecule has 0 aromatic carbocycles. The third-order valence-corrected chi connectivity index (χ3v) is 6.42. The molecule has 20 heavy (non-hydrogen) atoms. The van der Waals surface area contributed by atoms with Gasteiger partial charge in [0.05, 0.1) is 0 Å². The van der Waals surface area contributed by atoms with Crippen molar-refractivity contribution >= 4 is 0 Å². The van der Waals surface area contributed by atoms with Gasteiger partial charge in [-0.05, 0) is 63.1 Å². The van der Waals surface area contributed by atoms with Crippen molar-refractivity contribution in [3.63, 3.8) is 0 Å². The Labute approximate surface area is 123 Å². The summed E-state index contributed by atoms with van der Waals surface area (Å²) in [6.45, 7) is 17.6. The number of hydrogen-bond donors (Lipinski definition) is 0. The maximum atomic E-state index is 4.75. The van der Waals surface area contributed by atoms with E-state index in [0.717, 1.165) is 11.6 Å². The molecule has 110 valence electrons. The van der Waals surface area contributed by atoms with Gasteiger partial charge in [0.1, 0.15) is 0 Å². The lowest BCUT2D eigenvalue weighted by molar-refractivity contribution is 0.112. The minimum Gasteiger partial charge on any atom is -0.296 e. The summed E-state index contributed by atoms with van der Waals surface area (Å²) < 4.78 is 0. The molecule has 1 aromatic rings. The summed E-state index contributed by atoms with van der Waals surface area (Å²) in [6.07, 6.45) is 0. The van der Waals surface area contributed by atoms with Crippen LogP contribution in [0.4, 0.5) is 0 Å². The molecule has 2 bridgehead atoms. The van der Waals surface area contributed by atoms with Crippen LogP contribution in [0.3, 0.4) is 0 Å². The monoisotopic (exact) mass is 272 g/mol. The average molecular weight is 272 g/mol. The molecule has 2 nitrogen and oxygen atoms in total. The molecule has 0 spiro atoms. The van der Waals surface area contributed by atoms with Gasteiger partial charge >= 0.3 is 0 Å². The number of rotatable bonds is 1. The molecule has 6 atom stereocenters. The van der Waals surface area contributed by atoms with E-state index < -0.39 is 0 Å². The lowest BCUT2D eigenvalue weighted by Gasteiger charge is -2.44. The van der Waals surface area contributed by atoms with Crippen LogP contribution in [0.2, 0.25) is 0 Å². The number of hydrogen-bond acceptors (Lipinski definition) is 2. The molecule has 2 saturated heterocycles. The molecule has 0 radical (unpaired) electrons. The van der Waals surface area contributed by atoms with Gasteiger partial charge in [-0.3, -0.25) is 9.88 Å². The summed E-state index contributed by atoms with van der Waals surface area (Å²) in [6, 6.07) is 3.60. The van der Waals surface area contributed by atoms with Crippen LogP contribution in [0.5, 0.6) is 0 Å². The largest absolute Gasteiger partial charge is 0.296 e. The van der Waals surface area contributed by atoms with Crippen molar-refractivity contribution < 1.29 is 0 Å². The smallest absolute Gasteiger partial charge is 0.0414 e. The Morgan fingerprint density at radius 3 is 2.35 bits per heavy atom. The predicted octanol–water partition coefficient (Wildman–Crippen LogP) is 3.84. The summed E-state index contributed by atoms with van der Waals surface area (Å²) in [4.78, 5) is 7.47. The summed E-state index contributed by atoms with van der Waals surface area (Å²) in [5.41, 5.74) is 5.74. The van der Waals surface area contributed by atoms with Gasteiger partial charge in [0.25, 0.3) is 0 Å². The molecular weight excluding hydrogens is 244 g/mol. The van der Waals surface area contributed by atoms with Crippen LogP contribution in [-0.2, 0) is 0 Å². The Balaban J connectivity index is 2.12. The van der Waals surface area contributed by atoms with Gasteiger partial charge in [0.2, 0.25) is 0 Å². The first kappa shape index (κ1) is 14.1. The highest BCUT2D eigenvalue weighted by Crippen LogP contribution is 2.59. The third kappa shape index (κ3) is 1.64. The van der Waals surface area contributed by atoms with Crippen molar-refractivity contribution in [2.45, 2.75) is 66.5 Å². The summed E-state index contributed by atoms with van der Waals surface area (Å²) in [5.74, 6) is 1.38. The fraction of sp³-hybridized carbons (Fsp3) is 0.722. The lowest BCUT2D eigenvalue weighted by atomic mass is 9.63. The first-order valence-corrected chi connectivity index (χ1v) is 7.98.